The van der Waals surface area contributed by atoms with Gasteiger partial charge in [-0.25, -0.2) is 0 Å². The molecule has 1 aromatic heterocycles. The Labute approximate surface area is 128 Å². The molecule has 2 aromatic rings. The first-order valence-corrected chi connectivity index (χ1v) is 7.60. The van der Waals surface area contributed by atoms with E-state index in [1.165, 1.54) is 5.69 Å². The molecule has 114 valence electrons. The molecule has 0 aliphatic rings. The zero-order chi connectivity index (χ0) is 15.3. The molecule has 0 aliphatic carbocycles. The Morgan fingerprint density at radius 3 is 2.29 bits per heavy atom. The van der Waals surface area contributed by atoms with Crippen LogP contribution in [0.1, 0.15) is 39.2 Å². The van der Waals surface area contributed by atoms with E-state index in [1.54, 1.807) is 0 Å². The van der Waals surface area contributed by atoms with Crippen molar-refractivity contribution >= 4 is 5.69 Å². The van der Waals surface area contributed by atoms with Gasteiger partial charge >= 0.3 is 0 Å². The molecule has 1 N–H and O–H groups in total. The molecule has 1 aromatic carbocycles. The van der Waals surface area contributed by atoms with Gasteiger partial charge in [0.2, 0.25) is 0 Å². The van der Waals surface area contributed by atoms with Crippen molar-refractivity contribution in [1.29, 1.82) is 0 Å². The molecule has 0 amide bonds. The number of para-hydroxylation sites is 1. The van der Waals surface area contributed by atoms with E-state index in [0.29, 0.717) is 0 Å². The molecule has 0 aliphatic heterocycles. The van der Waals surface area contributed by atoms with Crippen LogP contribution in [-0.2, 0) is 13.1 Å². The van der Waals surface area contributed by atoms with Crippen molar-refractivity contribution in [3.63, 3.8) is 0 Å². The third kappa shape index (κ3) is 4.94. The van der Waals surface area contributed by atoms with Crippen LogP contribution >= 0.6 is 0 Å². The predicted octanol–water partition coefficient (Wildman–Crippen LogP) is 4.19. The summed E-state index contributed by atoms with van der Waals surface area (Å²) >= 11 is 0. The first-order valence-electron chi connectivity index (χ1n) is 7.60. The van der Waals surface area contributed by atoms with Crippen molar-refractivity contribution < 1.29 is 4.42 Å². The third-order valence-corrected chi connectivity index (χ3v) is 3.36. The maximum atomic E-state index is 5.93. The summed E-state index contributed by atoms with van der Waals surface area (Å²) in [6, 6.07) is 14.6. The number of nitrogens with zero attached hydrogens (tertiary/aromatic N) is 1. The minimum Gasteiger partial charge on any atom is -0.463 e. The number of benzene rings is 1. The smallest absolute Gasteiger partial charge is 0.123 e. The van der Waals surface area contributed by atoms with Crippen LogP contribution in [-0.4, -0.2) is 12.1 Å². The maximum absolute atomic E-state index is 5.93. The van der Waals surface area contributed by atoms with E-state index >= 15 is 0 Å². The minimum absolute atomic E-state index is 0.104. The molecule has 0 atom stereocenters. The summed E-state index contributed by atoms with van der Waals surface area (Å²) in [5.41, 5.74) is 1.33. The zero-order valence-corrected chi connectivity index (χ0v) is 13.5. The first-order chi connectivity index (χ1) is 9.98. The van der Waals surface area contributed by atoms with E-state index < -0.39 is 0 Å². The third-order valence-electron chi connectivity index (χ3n) is 3.36. The van der Waals surface area contributed by atoms with Gasteiger partial charge in [0.15, 0.2) is 0 Å². The molecule has 0 unspecified atom stereocenters. The molecule has 0 spiro atoms. The van der Waals surface area contributed by atoms with Gasteiger partial charge in [0.05, 0.1) is 13.1 Å². The summed E-state index contributed by atoms with van der Waals surface area (Å²) in [7, 11) is 0. The van der Waals surface area contributed by atoms with Crippen molar-refractivity contribution in [1.82, 2.24) is 5.32 Å². The van der Waals surface area contributed by atoms with Crippen molar-refractivity contribution in [3.05, 3.63) is 54.0 Å². The highest BCUT2D eigenvalue weighted by Gasteiger charge is 2.12. The highest BCUT2D eigenvalue weighted by Crippen LogP contribution is 2.18. The van der Waals surface area contributed by atoms with Crippen LogP contribution in [0.2, 0.25) is 0 Å². The van der Waals surface area contributed by atoms with E-state index in [-0.39, 0.29) is 5.54 Å². The SMILES string of the molecule is CCN(Cc1ccc(CNC(C)(C)C)o1)c1ccccc1. The summed E-state index contributed by atoms with van der Waals surface area (Å²) in [4.78, 5) is 2.31. The van der Waals surface area contributed by atoms with Crippen molar-refractivity contribution in [2.75, 3.05) is 11.4 Å². The lowest BCUT2D eigenvalue weighted by Crippen LogP contribution is -2.34. The van der Waals surface area contributed by atoms with Gasteiger partial charge in [0, 0.05) is 17.8 Å². The van der Waals surface area contributed by atoms with Crippen LogP contribution in [0.5, 0.6) is 0 Å². The van der Waals surface area contributed by atoms with Gasteiger partial charge in [-0.1, -0.05) is 18.2 Å². The van der Waals surface area contributed by atoms with Gasteiger partial charge in [-0.2, -0.15) is 0 Å². The van der Waals surface area contributed by atoms with Crippen LogP contribution < -0.4 is 10.2 Å². The normalized spacial score (nSPS) is 11.6. The van der Waals surface area contributed by atoms with Crippen LogP contribution in [0, 0.1) is 0 Å². The minimum atomic E-state index is 0.104. The molecule has 0 saturated heterocycles. The number of hydrogen-bond donors (Lipinski definition) is 1. The molecule has 3 heteroatoms. The van der Waals surface area contributed by atoms with Crippen LogP contribution in [0.4, 0.5) is 5.69 Å². The average Bonchev–Trinajstić information content (AvgIpc) is 2.90. The molecule has 0 bridgehead atoms. The summed E-state index contributed by atoms with van der Waals surface area (Å²) in [6.45, 7) is 11.2. The van der Waals surface area contributed by atoms with Crippen LogP contribution in [0.25, 0.3) is 0 Å². The largest absolute Gasteiger partial charge is 0.463 e. The summed E-state index contributed by atoms with van der Waals surface area (Å²) in [5, 5.41) is 3.44. The van der Waals surface area contributed by atoms with E-state index in [2.05, 4.69) is 74.3 Å². The lowest BCUT2D eigenvalue weighted by atomic mass is 10.1. The fourth-order valence-electron chi connectivity index (χ4n) is 2.17. The van der Waals surface area contributed by atoms with Crippen LogP contribution in [0.3, 0.4) is 0 Å². The number of furan rings is 1. The van der Waals surface area contributed by atoms with E-state index in [1.807, 2.05) is 6.07 Å². The number of hydrogen-bond acceptors (Lipinski definition) is 3. The number of anilines is 1. The highest BCUT2D eigenvalue weighted by molar-refractivity contribution is 5.45. The molecule has 3 nitrogen and oxygen atoms in total. The summed E-state index contributed by atoms with van der Waals surface area (Å²) < 4.78 is 5.93. The predicted molar refractivity (Wildman–Crippen MR) is 88.5 cm³/mol. The van der Waals surface area contributed by atoms with E-state index in [4.69, 9.17) is 4.42 Å². The Hall–Kier alpha value is -1.74. The Morgan fingerprint density at radius 2 is 1.67 bits per heavy atom. The van der Waals surface area contributed by atoms with Gasteiger partial charge in [0.1, 0.15) is 11.5 Å². The Morgan fingerprint density at radius 1 is 1.00 bits per heavy atom. The maximum Gasteiger partial charge on any atom is 0.123 e. The summed E-state index contributed by atoms with van der Waals surface area (Å²) in [6.07, 6.45) is 0. The fraction of sp³-hybridized carbons (Fsp3) is 0.444. The fourth-order valence-corrected chi connectivity index (χ4v) is 2.17. The lowest BCUT2D eigenvalue weighted by Gasteiger charge is -2.22. The molecule has 0 saturated carbocycles. The van der Waals surface area contributed by atoms with Crippen molar-refractivity contribution in [2.24, 2.45) is 0 Å². The molecule has 21 heavy (non-hydrogen) atoms. The summed E-state index contributed by atoms with van der Waals surface area (Å²) in [5.74, 6) is 2.00. The Bertz CT molecular complexity index is 540. The topological polar surface area (TPSA) is 28.4 Å². The molecule has 0 radical (unpaired) electrons. The van der Waals surface area contributed by atoms with Gasteiger partial charge < -0.3 is 14.6 Å². The van der Waals surface area contributed by atoms with Gasteiger partial charge in [-0.05, 0) is 52.0 Å². The number of rotatable bonds is 6. The van der Waals surface area contributed by atoms with E-state index in [9.17, 15) is 0 Å². The Balaban J connectivity index is 1.98. The van der Waals surface area contributed by atoms with E-state index in [0.717, 1.165) is 31.2 Å². The number of nitrogens with one attached hydrogen (secondary N) is 1. The highest BCUT2D eigenvalue weighted by atomic mass is 16.3. The first kappa shape index (κ1) is 15.6. The lowest BCUT2D eigenvalue weighted by molar-refractivity contribution is 0.378. The van der Waals surface area contributed by atoms with Gasteiger partial charge in [0.25, 0.3) is 0 Å². The molecular formula is C18H26N2O. The van der Waals surface area contributed by atoms with Gasteiger partial charge in [-0.15, -0.1) is 0 Å². The second kappa shape index (κ2) is 6.81. The Kier molecular flexibility index (Phi) is 5.07. The second-order valence-electron chi connectivity index (χ2n) is 6.32. The molecule has 0 fully saturated rings. The zero-order valence-electron chi connectivity index (χ0n) is 13.5. The van der Waals surface area contributed by atoms with Crippen molar-refractivity contribution in [3.8, 4) is 0 Å². The van der Waals surface area contributed by atoms with Crippen LogP contribution in [0.15, 0.2) is 46.9 Å². The van der Waals surface area contributed by atoms with Crippen molar-refractivity contribution in [2.45, 2.75) is 46.3 Å². The molecular weight excluding hydrogens is 260 g/mol. The monoisotopic (exact) mass is 286 g/mol. The molecule has 2 rings (SSSR count). The second-order valence-corrected chi connectivity index (χ2v) is 6.32. The quantitative estimate of drug-likeness (QED) is 0.863. The molecule has 1 heterocycles. The standard InChI is InChI=1S/C18H26N2O/c1-5-20(15-9-7-6-8-10-15)14-17-12-11-16(21-17)13-19-18(2,3)4/h6-12,19H,5,13-14H2,1-4H3. The van der Waals surface area contributed by atoms with Gasteiger partial charge in [-0.3, -0.25) is 0 Å². The average molecular weight is 286 g/mol.